The first-order valence-corrected chi connectivity index (χ1v) is 26.1. The van der Waals surface area contributed by atoms with E-state index in [1.54, 1.807) is 36.4 Å². The molecule has 0 unspecified atom stereocenters. The van der Waals surface area contributed by atoms with E-state index in [2.05, 4.69) is 82.1 Å². The quantitative estimate of drug-likeness (QED) is 0.0302. The maximum atomic E-state index is 15.0. The Morgan fingerprint density at radius 3 is 1.97 bits per heavy atom. The van der Waals surface area contributed by atoms with Crippen LogP contribution < -0.4 is 15.9 Å². The molecule has 0 atom stereocenters. The number of benzene rings is 7. The van der Waals surface area contributed by atoms with E-state index in [0.717, 1.165) is 67.2 Å². The molecule has 0 N–H and O–H groups in total. The minimum atomic E-state index is -2.26. The molecule has 0 spiro atoms. The second-order valence-electron chi connectivity index (χ2n) is 19.7. The Bertz CT molecular complexity index is 4380. The van der Waals surface area contributed by atoms with Crippen molar-refractivity contribution in [2.24, 2.45) is 0 Å². The third-order valence-electron chi connectivity index (χ3n) is 15.4. The van der Waals surface area contributed by atoms with E-state index in [-0.39, 0.29) is 46.9 Å². The highest BCUT2D eigenvalue weighted by Gasteiger charge is 2.45. The van der Waals surface area contributed by atoms with Crippen molar-refractivity contribution in [3.05, 3.63) is 220 Å². The van der Waals surface area contributed by atoms with Gasteiger partial charge in [0.25, 0.3) is 11.1 Å². The van der Waals surface area contributed by atoms with Crippen LogP contribution in [0.5, 0.6) is 5.75 Å². The molecule has 8 nitrogen and oxygen atoms in total. The molecule has 7 aromatic carbocycles. The van der Waals surface area contributed by atoms with E-state index in [4.69, 9.17) is 32.4 Å². The van der Waals surface area contributed by atoms with E-state index in [1.165, 1.54) is 63.0 Å². The van der Waals surface area contributed by atoms with Crippen LogP contribution in [-0.4, -0.2) is 40.5 Å². The molecule has 2 aliphatic heterocycles. The van der Waals surface area contributed by atoms with Gasteiger partial charge in [-0.3, -0.25) is 18.6 Å². The molecule has 2 aliphatic carbocycles. The number of allylic oxidation sites excluding steroid dienone is 2. The van der Waals surface area contributed by atoms with Crippen molar-refractivity contribution >= 4 is 85.5 Å². The maximum absolute atomic E-state index is 15.0. The van der Waals surface area contributed by atoms with Gasteiger partial charge in [0.15, 0.2) is 34.7 Å². The Morgan fingerprint density at radius 1 is 0.654 bits per heavy atom. The monoisotopic (exact) mass is 1090 g/mol. The summed E-state index contributed by atoms with van der Waals surface area (Å²) < 4.78 is 100. The summed E-state index contributed by atoms with van der Waals surface area (Å²) >= 11 is 14.7. The summed E-state index contributed by atoms with van der Waals surface area (Å²) in [6.07, 6.45) is 8.43. The predicted octanol–water partition coefficient (Wildman–Crippen LogP) is 14.4. The van der Waals surface area contributed by atoms with E-state index in [1.807, 2.05) is 0 Å². The van der Waals surface area contributed by atoms with Crippen molar-refractivity contribution in [1.82, 2.24) is 9.05 Å². The molecule has 5 heterocycles. The number of pyridine rings is 1. The Kier molecular flexibility index (Phi) is 12.3. The largest absolute Gasteiger partial charge is 0.700 e. The lowest BCUT2D eigenvalue weighted by Crippen LogP contribution is -2.33. The summed E-state index contributed by atoms with van der Waals surface area (Å²) in [4.78, 5) is 31.1. The summed E-state index contributed by atoms with van der Waals surface area (Å²) in [5.74, 6) is -9.94. The second kappa shape index (κ2) is 19.3. The first-order chi connectivity index (χ1) is 37.9. The second-order valence-corrected chi connectivity index (χ2v) is 20.5. The summed E-state index contributed by atoms with van der Waals surface area (Å²) in [5, 5.41) is 2.66. The van der Waals surface area contributed by atoms with Gasteiger partial charge in [0, 0.05) is 73.2 Å². The fourth-order valence-electron chi connectivity index (χ4n) is 12.1. The number of nitrogens with zero attached hydrogens (tertiary/aromatic N) is 3. The van der Waals surface area contributed by atoms with Crippen molar-refractivity contribution < 1.29 is 45.1 Å². The average molecular weight is 1090 g/mol. The van der Waals surface area contributed by atoms with Crippen LogP contribution >= 0.6 is 23.2 Å². The Balaban J connectivity index is 0.00000189. The molecular formula is C61H40BCl2F6N3O5+. The Morgan fingerprint density at radius 2 is 1.26 bits per heavy atom. The van der Waals surface area contributed by atoms with Crippen LogP contribution in [0.3, 0.4) is 0 Å². The number of hydrogen-bond acceptors (Lipinski definition) is 5. The third kappa shape index (κ3) is 7.67. The lowest BCUT2D eigenvalue weighted by Gasteiger charge is -2.22. The molecule has 0 amide bonds. The molecule has 14 rings (SSSR count). The highest BCUT2D eigenvalue weighted by molar-refractivity contribution is 6.39. The van der Waals surface area contributed by atoms with Crippen molar-refractivity contribution in [2.75, 3.05) is 13.7 Å². The summed E-state index contributed by atoms with van der Waals surface area (Å²) in [6.45, 7) is 0.116. The number of aromatic nitrogens is 2. The van der Waals surface area contributed by atoms with Gasteiger partial charge in [-0.25, -0.2) is 22.0 Å². The van der Waals surface area contributed by atoms with Crippen molar-refractivity contribution in [2.45, 2.75) is 51.5 Å². The predicted molar refractivity (Wildman–Crippen MR) is 291 cm³/mol. The van der Waals surface area contributed by atoms with Gasteiger partial charge in [-0.2, -0.15) is 4.94 Å². The fraction of sp³-hybridized carbons (Fsp3) is 0.164. The van der Waals surface area contributed by atoms with Gasteiger partial charge in [0.05, 0.1) is 34.9 Å². The average Bonchev–Trinajstić information content (AvgIpc) is 3.82. The van der Waals surface area contributed by atoms with E-state index in [0.29, 0.717) is 43.1 Å². The lowest BCUT2D eigenvalue weighted by atomic mass is 9.91. The van der Waals surface area contributed by atoms with Crippen LogP contribution in [0.25, 0.3) is 71.4 Å². The van der Waals surface area contributed by atoms with E-state index < -0.39 is 45.8 Å². The highest BCUT2D eigenvalue weighted by Crippen LogP contribution is 2.48. The van der Waals surface area contributed by atoms with Gasteiger partial charge < -0.3 is 13.6 Å². The van der Waals surface area contributed by atoms with Crippen LogP contribution in [0, 0.1) is 29.1 Å². The van der Waals surface area contributed by atoms with Crippen molar-refractivity contribution in [3.63, 3.8) is 0 Å². The van der Waals surface area contributed by atoms with Gasteiger partial charge in [-0.15, -0.1) is 0 Å². The molecule has 0 saturated carbocycles. The van der Waals surface area contributed by atoms with Crippen LogP contribution in [-0.2, 0) is 30.7 Å². The Hall–Kier alpha value is -7.85. The van der Waals surface area contributed by atoms with Gasteiger partial charge in [0.2, 0.25) is 5.82 Å². The minimum Gasteiger partial charge on any atom is -0.493 e. The molecule has 78 heavy (non-hydrogen) atoms. The first kappa shape index (κ1) is 49.7. The van der Waals surface area contributed by atoms with Gasteiger partial charge in [-0.05, 0) is 132 Å². The molecule has 10 aromatic rings. The molecule has 0 fully saturated rings. The SMILES string of the molecule is COF.O=c1c2ccc3oc4ccc(-c5c(F)c(F)c(F)c(F)c5F)cc4c4ccc(c(=O)n1CCCOc1cc(Cl)c(C5=C6C=C7CCCc8ccccc8C7=[N+]6[B]n6c5cc5c6-c6ccccc6CCC5)c(Cl)c1)c2c34. The third-order valence-corrected chi connectivity index (χ3v) is 16.0. The molecule has 0 saturated heterocycles. The maximum Gasteiger partial charge on any atom is 0.700 e. The zero-order chi connectivity index (χ0) is 53.8. The van der Waals surface area contributed by atoms with E-state index >= 15 is 0 Å². The number of halogens is 8. The Labute approximate surface area is 450 Å². The zero-order valence-electron chi connectivity index (χ0n) is 41.3. The number of ether oxygens (including phenoxy) is 1. The molecule has 4 aliphatic rings. The van der Waals surface area contributed by atoms with Crippen molar-refractivity contribution in [3.8, 4) is 28.1 Å². The standard InChI is InChI=1S/C60H37BCl2F5N3O4.CH3FO/c62-41-27-34(28-42(63)50(41)51-43-25-32-12-5-10-29-8-1-3-14-35(29)57(32)70(43)61-71-44(51)26-33-13-6-11-30-9-2-4-15-36(30)58(33)71)74-23-7-22-69-59(72)38-18-17-37-40-24-31(47-52(64)54(66)56(68)55(67)53(47)65)16-20-45(40)75-46-21-19-39(60(69)73)48(38)49(37)46;1-3-2/h1-4,8-9,14-21,24-28H,5-7,10-13,22-23H2;1H3/q+1;. The molecule has 0 bridgehead atoms. The number of aryl methyl sites for hydroxylation is 3. The van der Waals surface area contributed by atoms with Crippen LogP contribution in [0.15, 0.2) is 141 Å². The van der Waals surface area contributed by atoms with Gasteiger partial charge in [0.1, 0.15) is 16.9 Å². The van der Waals surface area contributed by atoms with Crippen molar-refractivity contribution in [1.29, 1.82) is 0 Å². The first-order valence-electron chi connectivity index (χ1n) is 25.3. The van der Waals surface area contributed by atoms with Crippen LogP contribution in [0.1, 0.15) is 59.2 Å². The summed E-state index contributed by atoms with van der Waals surface area (Å²) in [7, 11) is 3.20. The fourth-order valence-corrected chi connectivity index (χ4v) is 12.8. The van der Waals surface area contributed by atoms with Crippen LogP contribution in [0.4, 0.5) is 26.5 Å². The molecule has 387 valence electrons. The topological polar surface area (TPSA) is 78.6 Å². The van der Waals surface area contributed by atoms with Gasteiger partial charge >= 0.3 is 7.55 Å². The highest BCUT2D eigenvalue weighted by atomic mass is 35.5. The molecule has 3 aromatic heterocycles. The normalized spacial score (nSPS) is 14.6. The lowest BCUT2D eigenvalue weighted by molar-refractivity contribution is -0.312. The molecule has 1 radical (unpaired) electrons. The summed E-state index contributed by atoms with van der Waals surface area (Å²) in [6, 6.07) is 33.3. The molecule has 17 heteroatoms. The van der Waals surface area contributed by atoms with Crippen LogP contribution in [0.2, 0.25) is 10.0 Å². The minimum absolute atomic E-state index is 0.0102. The smallest absolute Gasteiger partial charge is 0.493 e. The number of rotatable bonds is 7. The number of hydrogen-bond donors (Lipinski definition) is 0. The molecular weight excluding hydrogens is 1050 g/mol. The van der Waals surface area contributed by atoms with Gasteiger partial charge in [-0.1, -0.05) is 77.8 Å². The summed E-state index contributed by atoms with van der Waals surface area (Å²) in [5.41, 5.74) is 11.6. The zero-order valence-corrected chi connectivity index (χ0v) is 42.8. The number of fused-ring (bicyclic) bond motifs is 11. The van der Waals surface area contributed by atoms with E-state index in [9.17, 15) is 36.1 Å².